The monoisotopic (exact) mass is 445 g/mol. The molecule has 0 saturated carbocycles. The van der Waals surface area contributed by atoms with Gasteiger partial charge >= 0.3 is 11.7 Å². The van der Waals surface area contributed by atoms with E-state index in [0.29, 0.717) is 10.6 Å². The SMILES string of the molecule is COC(=O)c1c(C)oc(Nc2ncnc(Cl)c2[N+](=O)[O-])c1-c1nc2ccccc2s1. The number of anilines is 2. The van der Waals surface area contributed by atoms with Crippen LogP contribution in [0.3, 0.4) is 0 Å². The zero-order valence-electron chi connectivity index (χ0n) is 15.5. The number of fused-ring (bicyclic) bond motifs is 1. The minimum absolute atomic E-state index is 0.0461. The van der Waals surface area contributed by atoms with Crippen LogP contribution in [0.15, 0.2) is 35.0 Å². The van der Waals surface area contributed by atoms with Crippen molar-refractivity contribution in [3.05, 3.63) is 57.2 Å². The van der Waals surface area contributed by atoms with Gasteiger partial charge < -0.3 is 14.5 Å². The van der Waals surface area contributed by atoms with Crippen LogP contribution < -0.4 is 5.32 Å². The fourth-order valence-corrected chi connectivity index (χ4v) is 4.10. The zero-order chi connectivity index (χ0) is 21.4. The predicted molar refractivity (Wildman–Crippen MR) is 110 cm³/mol. The number of furan rings is 1. The Bertz CT molecular complexity index is 1270. The number of esters is 1. The van der Waals surface area contributed by atoms with Crippen molar-refractivity contribution in [3.8, 4) is 10.6 Å². The van der Waals surface area contributed by atoms with E-state index in [2.05, 4.69) is 20.3 Å². The molecule has 0 unspecified atom stereocenters. The van der Waals surface area contributed by atoms with Crippen LogP contribution in [0.2, 0.25) is 5.15 Å². The van der Waals surface area contributed by atoms with Crippen LogP contribution >= 0.6 is 22.9 Å². The maximum atomic E-state index is 12.5. The summed E-state index contributed by atoms with van der Waals surface area (Å²) in [5.74, 6) is -0.521. The van der Waals surface area contributed by atoms with E-state index in [-0.39, 0.29) is 28.2 Å². The Labute approximate surface area is 177 Å². The highest BCUT2D eigenvalue weighted by Crippen LogP contribution is 2.42. The molecule has 0 saturated heterocycles. The number of ether oxygens (including phenoxy) is 1. The number of nitrogens with zero attached hydrogens (tertiary/aromatic N) is 4. The normalized spacial score (nSPS) is 10.9. The molecule has 0 spiro atoms. The number of nitro groups is 1. The molecular weight excluding hydrogens is 434 g/mol. The van der Waals surface area contributed by atoms with Gasteiger partial charge in [0.1, 0.15) is 22.7 Å². The first-order valence-electron chi connectivity index (χ1n) is 8.40. The largest absolute Gasteiger partial charge is 0.465 e. The van der Waals surface area contributed by atoms with E-state index in [0.717, 1.165) is 16.5 Å². The van der Waals surface area contributed by atoms with Gasteiger partial charge in [-0.05, 0) is 19.1 Å². The summed E-state index contributed by atoms with van der Waals surface area (Å²) < 4.78 is 11.5. The molecule has 152 valence electrons. The van der Waals surface area contributed by atoms with Crippen molar-refractivity contribution in [2.45, 2.75) is 6.92 Å². The second-order valence-corrected chi connectivity index (χ2v) is 7.35. The van der Waals surface area contributed by atoms with Crippen LogP contribution in [0.4, 0.5) is 17.4 Å². The molecular formula is C18H12ClN5O5S. The lowest BCUT2D eigenvalue weighted by atomic mass is 10.1. The number of carbonyl (C=O) groups is 1. The molecule has 30 heavy (non-hydrogen) atoms. The third-order valence-corrected chi connectivity index (χ3v) is 5.50. The zero-order valence-corrected chi connectivity index (χ0v) is 17.1. The molecule has 0 amide bonds. The molecule has 0 bridgehead atoms. The van der Waals surface area contributed by atoms with Crippen molar-refractivity contribution < 1.29 is 18.9 Å². The highest BCUT2D eigenvalue weighted by molar-refractivity contribution is 7.21. The van der Waals surface area contributed by atoms with Crippen molar-refractivity contribution in [1.82, 2.24) is 15.0 Å². The molecule has 10 nitrogen and oxygen atoms in total. The van der Waals surface area contributed by atoms with Gasteiger partial charge in [0.2, 0.25) is 16.9 Å². The number of nitrogens with one attached hydrogen (secondary N) is 1. The molecule has 3 heterocycles. The molecule has 4 rings (SSSR count). The summed E-state index contributed by atoms with van der Waals surface area (Å²) in [6, 6.07) is 7.45. The Hall–Kier alpha value is -3.57. The number of para-hydroxylation sites is 1. The lowest BCUT2D eigenvalue weighted by Gasteiger charge is -2.06. The standard InChI is InChI=1S/C18H12ClN5O5S/c1-8-11(18(25)28-2)12(17-22-9-5-3-4-6-10(9)30-17)16(29-8)23-15-13(24(26)27)14(19)20-7-21-15/h3-7H,1-2H3,(H,20,21,23). The number of hydrogen-bond donors (Lipinski definition) is 1. The maximum absolute atomic E-state index is 12.5. The smallest absolute Gasteiger partial charge is 0.348 e. The van der Waals surface area contributed by atoms with Crippen molar-refractivity contribution in [1.29, 1.82) is 0 Å². The molecule has 3 aromatic heterocycles. The molecule has 0 fully saturated rings. The Morgan fingerprint density at radius 1 is 1.33 bits per heavy atom. The summed E-state index contributed by atoms with van der Waals surface area (Å²) in [5.41, 5.74) is 0.670. The van der Waals surface area contributed by atoms with E-state index in [1.165, 1.54) is 18.4 Å². The van der Waals surface area contributed by atoms with Crippen LogP contribution in [0.5, 0.6) is 0 Å². The Kier molecular flexibility index (Phi) is 5.06. The number of carbonyl (C=O) groups excluding carboxylic acids is 1. The fraction of sp³-hybridized carbons (Fsp3) is 0.111. The van der Waals surface area contributed by atoms with Gasteiger partial charge in [-0.15, -0.1) is 11.3 Å². The van der Waals surface area contributed by atoms with E-state index < -0.39 is 16.6 Å². The minimum Gasteiger partial charge on any atom is -0.465 e. The fourth-order valence-electron chi connectivity index (χ4n) is 2.88. The molecule has 0 radical (unpaired) electrons. The van der Waals surface area contributed by atoms with Gasteiger partial charge in [0, 0.05) is 0 Å². The third kappa shape index (κ3) is 3.33. The summed E-state index contributed by atoms with van der Waals surface area (Å²) in [5, 5.41) is 14.3. The van der Waals surface area contributed by atoms with Gasteiger partial charge in [-0.3, -0.25) is 10.1 Å². The summed E-state index contributed by atoms with van der Waals surface area (Å²) in [7, 11) is 1.25. The van der Waals surface area contributed by atoms with E-state index in [4.69, 9.17) is 20.8 Å². The maximum Gasteiger partial charge on any atom is 0.348 e. The summed E-state index contributed by atoms with van der Waals surface area (Å²) in [6.07, 6.45) is 1.08. The Morgan fingerprint density at radius 2 is 2.10 bits per heavy atom. The molecule has 4 aromatic rings. The van der Waals surface area contributed by atoms with Crippen LogP contribution in [0.25, 0.3) is 20.8 Å². The number of hydrogen-bond acceptors (Lipinski definition) is 10. The third-order valence-electron chi connectivity index (χ3n) is 4.17. The summed E-state index contributed by atoms with van der Waals surface area (Å²) >= 11 is 7.19. The highest BCUT2D eigenvalue weighted by Gasteiger charge is 2.30. The highest BCUT2D eigenvalue weighted by atomic mass is 35.5. The van der Waals surface area contributed by atoms with Gasteiger partial charge in [0.05, 0.1) is 27.8 Å². The van der Waals surface area contributed by atoms with Crippen LogP contribution in [0, 0.1) is 17.0 Å². The molecule has 0 aliphatic rings. The first kappa shape index (κ1) is 19.7. The summed E-state index contributed by atoms with van der Waals surface area (Å²) in [4.78, 5) is 35.3. The Balaban J connectivity index is 1.92. The second-order valence-electron chi connectivity index (χ2n) is 5.96. The predicted octanol–water partition coefficient (Wildman–Crippen LogP) is 4.75. The molecule has 0 aliphatic heterocycles. The van der Waals surface area contributed by atoms with Gasteiger partial charge in [-0.25, -0.2) is 19.7 Å². The topological polar surface area (TPSA) is 133 Å². The van der Waals surface area contributed by atoms with Gasteiger partial charge in [0.25, 0.3) is 0 Å². The van der Waals surface area contributed by atoms with E-state index in [1.807, 2.05) is 24.3 Å². The Morgan fingerprint density at radius 3 is 2.80 bits per heavy atom. The lowest BCUT2D eigenvalue weighted by Crippen LogP contribution is -2.05. The molecule has 1 aromatic carbocycles. The number of rotatable bonds is 5. The minimum atomic E-state index is -0.709. The molecule has 0 aliphatic carbocycles. The number of benzene rings is 1. The second kappa shape index (κ2) is 7.69. The number of aromatic nitrogens is 3. The molecule has 12 heteroatoms. The number of aryl methyl sites for hydroxylation is 1. The number of halogens is 1. The van der Waals surface area contributed by atoms with Crippen molar-refractivity contribution in [2.75, 3.05) is 12.4 Å². The average molecular weight is 446 g/mol. The first-order valence-corrected chi connectivity index (χ1v) is 9.59. The first-order chi connectivity index (χ1) is 14.4. The van der Waals surface area contributed by atoms with Gasteiger partial charge in [0.15, 0.2) is 0 Å². The van der Waals surface area contributed by atoms with Gasteiger partial charge in [-0.1, -0.05) is 23.7 Å². The van der Waals surface area contributed by atoms with Crippen LogP contribution in [0.1, 0.15) is 16.1 Å². The summed E-state index contributed by atoms with van der Waals surface area (Å²) in [6.45, 7) is 1.58. The van der Waals surface area contributed by atoms with Crippen LogP contribution in [-0.4, -0.2) is 33.0 Å². The van der Waals surface area contributed by atoms with Crippen LogP contribution in [-0.2, 0) is 4.74 Å². The van der Waals surface area contributed by atoms with E-state index in [9.17, 15) is 14.9 Å². The van der Waals surface area contributed by atoms with E-state index in [1.54, 1.807) is 6.92 Å². The van der Waals surface area contributed by atoms with Crippen molar-refractivity contribution >= 4 is 56.5 Å². The number of thiazole rings is 1. The quantitative estimate of drug-likeness (QED) is 0.200. The van der Waals surface area contributed by atoms with Crippen molar-refractivity contribution in [2.24, 2.45) is 0 Å². The molecule has 0 atom stereocenters. The average Bonchev–Trinajstić information content (AvgIpc) is 3.27. The molecule has 1 N–H and O–H groups in total. The number of methoxy groups -OCH3 is 1. The lowest BCUT2D eigenvalue weighted by molar-refractivity contribution is -0.384. The van der Waals surface area contributed by atoms with E-state index >= 15 is 0 Å². The van der Waals surface area contributed by atoms with Crippen molar-refractivity contribution in [3.63, 3.8) is 0 Å². The van der Waals surface area contributed by atoms with Gasteiger partial charge in [-0.2, -0.15) is 0 Å².